The molecule has 7 nitrogen and oxygen atoms in total. The van der Waals surface area contributed by atoms with Crippen LogP contribution in [0.15, 0.2) is 41.2 Å². The Morgan fingerprint density at radius 2 is 1.24 bits per heavy atom. The minimum absolute atomic E-state index is 0.0206. The molecular weight excluding hydrogens is 374 g/mol. The maximum absolute atomic E-state index is 13.1. The van der Waals surface area contributed by atoms with E-state index in [9.17, 15) is 4.79 Å². The third kappa shape index (κ3) is 4.37. The molecule has 0 fully saturated rings. The molecule has 7 heteroatoms. The van der Waals surface area contributed by atoms with Gasteiger partial charge in [0.05, 0.1) is 56.1 Å². The molecule has 1 aliphatic heterocycles. The Labute approximate surface area is 168 Å². The van der Waals surface area contributed by atoms with Crippen molar-refractivity contribution in [2.24, 2.45) is 7.05 Å². The van der Waals surface area contributed by atoms with Crippen LogP contribution in [0.2, 0.25) is 0 Å². The lowest BCUT2D eigenvalue weighted by atomic mass is 10.1. The summed E-state index contributed by atoms with van der Waals surface area (Å²) >= 11 is 0. The highest BCUT2D eigenvalue weighted by atomic mass is 16.6. The number of para-hydroxylation sites is 1. The van der Waals surface area contributed by atoms with Gasteiger partial charge in [0.25, 0.3) is 0 Å². The van der Waals surface area contributed by atoms with Gasteiger partial charge < -0.3 is 28.3 Å². The third-order valence-corrected chi connectivity index (χ3v) is 4.89. The van der Waals surface area contributed by atoms with Crippen molar-refractivity contribution in [3.05, 3.63) is 46.6 Å². The van der Waals surface area contributed by atoms with Gasteiger partial charge in [-0.3, -0.25) is 4.79 Å². The molecule has 0 spiro atoms. The maximum atomic E-state index is 13.1. The van der Waals surface area contributed by atoms with Crippen LogP contribution in [-0.4, -0.2) is 57.4 Å². The quantitative estimate of drug-likeness (QED) is 0.541. The van der Waals surface area contributed by atoms with Gasteiger partial charge in [0.2, 0.25) is 0 Å². The monoisotopic (exact) mass is 399 g/mol. The molecule has 0 saturated carbocycles. The summed E-state index contributed by atoms with van der Waals surface area (Å²) in [5, 5.41) is 1.27. The van der Waals surface area contributed by atoms with Crippen molar-refractivity contribution < 1.29 is 23.7 Å². The summed E-state index contributed by atoms with van der Waals surface area (Å²) < 4.78 is 30.3. The molecule has 4 rings (SSSR count). The van der Waals surface area contributed by atoms with E-state index in [2.05, 4.69) is 0 Å². The van der Waals surface area contributed by atoms with E-state index >= 15 is 0 Å². The Balaban J connectivity index is 1.73. The zero-order chi connectivity index (χ0) is 20.1. The summed E-state index contributed by atoms with van der Waals surface area (Å²) in [5.41, 5.74) is 1.65. The Hall–Kier alpha value is -2.61. The first-order valence-electron chi connectivity index (χ1n) is 9.80. The van der Waals surface area contributed by atoms with E-state index in [-0.39, 0.29) is 5.43 Å². The highest BCUT2D eigenvalue weighted by Gasteiger charge is 2.15. The van der Waals surface area contributed by atoms with Crippen molar-refractivity contribution in [2.75, 3.05) is 52.9 Å². The smallest absolute Gasteiger partial charge is 0.197 e. The lowest BCUT2D eigenvalue weighted by Gasteiger charge is -2.16. The first-order valence-corrected chi connectivity index (χ1v) is 9.80. The number of hydrogen-bond acceptors (Lipinski definition) is 6. The minimum Gasteiger partial charge on any atom is -0.487 e. The van der Waals surface area contributed by atoms with Crippen LogP contribution in [0.5, 0.6) is 11.5 Å². The highest BCUT2D eigenvalue weighted by molar-refractivity contribution is 5.94. The first kappa shape index (κ1) is 19.7. The van der Waals surface area contributed by atoms with Gasteiger partial charge in [-0.2, -0.15) is 0 Å². The fourth-order valence-corrected chi connectivity index (χ4v) is 3.43. The van der Waals surface area contributed by atoms with Gasteiger partial charge >= 0.3 is 0 Å². The van der Waals surface area contributed by atoms with Gasteiger partial charge in [-0.25, -0.2) is 0 Å². The van der Waals surface area contributed by atoms with E-state index in [0.29, 0.717) is 75.1 Å². The van der Waals surface area contributed by atoms with E-state index in [1.165, 1.54) is 0 Å². The fraction of sp³-hybridized carbons (Fsp3) is 0.409. The van der Waals surface area contributed by atoms with Gasteiger partial charge in [-0.05, 0) is 18.2 Å². The van der Waals surface area contributed by atoms with Crippen molar-refractivity contribution in [3.63, 3.8) is 0 Å². The maximum Gasteiger partial charge on any atom is 0.197 e. The van der Waals surface area contributed by atoms with Gasteiger partial charge in [0.15, 0.2) is 16.9 Å². The average Bonchev–Trinajstić information content (AvgIpc) is 2.76. The highest BCUT2D eigenvalue weighted by Crippen LogP contribution is 2.32. The van der Waals surface area contributed by atoms with Crippen molar-refractivity contribution in [1.82, 2.24) is 4.57 Å². The largest absolute Gasteiger partial charge is 0.487 e. The van der Waals surface area contributed by atoms with E-state index in [4.69, 9.17) is 23.7 Å². The number of nitrogens with zero attached hydrogens (tertiary/aromatic N) is 1. The number of fused-ring (bicyclic) bond motifs is 3. The van der Waals surface area contributed by atoms with Crippen molar-refractivity contribution in [1.29, 1.82) is 0 Å². The summed E-state index contributed by atoms with van der Waals surface area (Å²) in [6, 6.07) is 11.2. The number of ether oxygens (including phenoxy) is 5. The minimum atomic E-state index is -0.0206. The van der Waals surface area contributed by atoms with E-state index in [1.807, 2.05) is 41.9 Å². The molecule has 2 aromatic carbocycles. The first-order chi connectivity index (χ1) is 14.3. The molecule has 0 aliphatic carbocycles. The Morgan fingerprint density at radius 3 is 1.90 bits per heavy atom. The van der Waals surface area contributed by atoms with Crippen molar-refractivity contribution in [3.8, 4) is 11.5 Å². The molecule has 0 atom stereocenters. The van der Waals surface area contributed by atoms with Crippen LogP contribution in [0.4, 0.5) is 0 Å². The summed E-state index contributed by atoms with van der Waals surface area (Å²) in [5.74, 6) is 1.11. The molecular formula is C22H25NO6. The molecule has 2 heterocycles. The van der Waals surface area contributed by atoms with Crippen LogP contribution in [0.3, 0.4) is 0 Å². The van der Waals surface area contributed by atoms with E-state index < -0.39 is 0 Å². The second-order valence-electron chi connectivity index (χ2n) is 6.76. The van der Waals surface area contributed by atoms with Crippen molar-refractivity contribution in [2.45, 2.75) is 0 Å². The molecule has 3 aromatic rings. The second kappa shape index (κ2) is 9.26. The Kier molecular flexibility index (Phi) is 6.29. The SMILES string of the molecule is Cn1c2ccccc2c(=O)c2cc3c(cc21)OCCOCCOCCOCCO3. The molecule has 0 saturated heterocycles. The Bertz CT molecular complexity index is 1040. The zero-order valence-corrected chi connectivity index (χ0v) is 16.5. The van der Waals surface area contributed by atoms with Crippen molar-refractivity contribution >= 4 is 21.8 Å². The number of hydrogen-bond donors (Lipinski definition) is 0. The fourth-order valence-electron chi connectivity index (χ4n) is 3.43. The standard InChI is InChI=1S/C22H25NO6/c1-23-18-5-3-2-4-16(18)22(24)17-14-20-21(15-19(17)23)29-13-11-27-9-7-25-6-8-26-10-12-28-20/h2-5,14-15H,6-13H2,1H3. The topological polar surface area (TPSA) is 68.2 Å². The summed E-state index contributed by atoms with van der Waals surface area (Å²) in [6.07, 6.45) is 0. The third-order valence-electron chi connectivity index (χ3n) is 4.89. The van der Waals surface area contributed by atoms with Crippen LogP contribution in [0.25, 0.3) is 21.8 Å². The normalized spacial score (nSPS) is 17.0. The lowest BCUT2D eigenvalue weighted by Crippen LogP contribution is -2.13. The molecule has 0 amide bonds. The number of aromatic nitrogens is 1. The number of rotatable bonds is 0. The Morgan fingerprint density at radius 1 is 0.690 bits per heavy atom. The van der Waals surface area contributed by atoms with Gasteiger partial charge in [0, 0.05) is 18.5 Å². The molecule has 1 aliphatic rings. The lowest BCUT2D eigenvalue weighted by molar-refractivity contribution is 0.00708. The van der Waals surface area contributed by atoms with Crippen LogP contribution >= 0.6 is 0 Å². The molecule has 154 valence electrons. The van der Waals surface area contributed by atoms with E-state index in [1.54, 1.807) is 6.07 Å². The summed E-state index contributed by atoms with van der Waals surface area (Å²) in [6.45, 7) is 3.63. The predicted octanol–water partition coefficient (Wildman–Crippen LogP) is 2.51. The van der Waals surface area contributed by atoms with Crippen LogP contribution < -0.4 is 14.9 Å². The number of aryl methyl sites for hydroxylation is 1. The van der Waals surface area contributed by atoms with Gasteiger partial charge in [0.1, 0.15) is 13.2 Å². The summed E-state index contributed by atoms with van der Waals surface area (Å²) in [4.78, 5) is 13.1. The van der Waals surface area contributed by atoms with Gasteiger partial charge in [-0.1, -0.05) is 12.1 Å². The second-order valence-corrected chi connectivity index (χ2v) is 6.76. The molecule has 0 unspecified atom stereocenters. The summed E-state index contributed by atoms with van der Waals surface area (Å²) in [7, 11) is 1.95. The van der Waals surface area contributed by atoms with Crippen LogP contribution in [0, 0.1) is 0 Å². The van der Waals surface area contributed by atoms with Crippen LogP contribution in [-0.2, 0) is 21.3 Å². The zero-order valence-electron chi connectivity index (χ0n) is 16.5. The molecule has 29 heavy (non-hydrogen) atoms. The molecule has 0 N–H and O–H groups in total. The predicted molar refractivity (Wildman–Crippen MR) is 110 cm³/mol. The number of pyridine rings is 1. The van der Waals surface area contributed by atoms with E-state index in [0.717, 1.165) is 11.0 Å². The molecule has 0 bridgehead atoms. The average molecular weight is 399 g/mol. The van der Waals surface area contributed by atoms with Crippen LogP contribution in [0.1, 0.15) is 0 Å². The van der Waals surface area contributed by atoms with Gasteiger partial charge in [-0.15, -0.1) is 0 Å². The number of benzene rings is 2. The molecule has 1 aromatic heterocycles. The molecule has 0 radical (unpaired) electrons.